The van der Waals surface area contributed by atoms with Crippen LogP contribution in [0.2, 0.25) is 0 Å². The first kappa shape index (κ1) is 9.40. The van der Waals surface area contributed by atoms with Crippen molar-refractivity contribution in [2.45, 2.75) is 25.8 Å². The smallest absolute Gasteiger partial charge is 0.166 e. The zero-order valence-corrected chi connectivity index (χ0v) is 8.32. The molecule has 76 valence electrons. The van der Waals surface area contributed by atoms with E-state index in [-0.39, 0.29) is 5.78 Å². The summed E-state index contributed by atoms with van der Waals surface area (Å²) in [6.45, 7) is 1.35. The fraction of sp³-hybridized carbons (Fsp3) is 0.600. The van der Waals surface area contributed by atoms with Crippen LogP contribution in [0.1, 0.15) is 28.9 Å². The van der Waals surface area contributed by atoms with Crippen molar-refractivity contribution in [1.82, 2.24) is 9.78 Å². The first-order valence-electron chi connectivity index (χ1n) is 4.89. The number of carbonyl (C=O) groups excluding carboxylic acids is 1. The van der Waals surface area contributed by atoms with Crippen molar-refractivity contribution in [3.63, 3.8) is 0 Å². The highest BCUT2D eigenvalue weighted by atomic mass is 16.5. The molecule has 1 aromatic rings. The maximum Gasteiger partial charge on any atom is 0.166 e. The van der Waals surface area contributed by atoms with E-state index in [1.165, 1.54) is 0 Å². The van der Waals surface area contributed by atoms with E-state index < -0.39 is 0 Å². The van der Waals surface area contributed by atoms with Gasteiger partial charge >= 0.3 is 0 Å². The molecular formula is C10H14N2O2. The molecule has 0 fully saturated rings. The summed E-state index contributed by atoms with van der Waals surface area (Å²) in [5.74, 6) is 0.231. The lowest BCUT2D eigenvalue weighted by atomic mass is 9.97. The Morgan fingerprint density at radius 3 is 3.14 bits per heavy atom. The molecule has 0 unspecified atom stereocenters. The van der Waals surface area contributed by atoms with Crippen molar-refractivity contribution in [3.05, 3.63) is 17.5 Å². The number of aromatic nitrogens is 2. The molecule has 1 aromatic heterocycles. The van der Waals surface area contributed by atoms with Crippen molar-refractivity contribution in [1.29, 1.82) is 0 Å². The zero-order valence-electron chi connectivity index (χ0n) is 8.32. The van der Waals surface area contributed by atoms with E-state index in [0.717, 1.165) is 30.6 Å². The predicted octanol–water partition coefficient (Wildman–Crippen LogP) is 1.05. The van der Waals surface area contributed by atoms with E-state index >= 15 is 0 Å². The molecule has 4 nitrogen and oxygen atoms in total. The molecule has 0 radical (unpaired) electrons. The molecule has 4 heteroatoms. The number of Topliss-reactive ketones (excluding diaryl/α,β-unsaturated/α-hetero) is 1. The number of hydrogen-bond donors (Lipinski definition) is 0. The Hall–Kier alpha value is -1.16. The summed E-state index contributed by atoms with van der Waals surface area (Å²) in [5.41, 5.74) is 1.77. The van der Waals surface area contributed by atoms with Gasteiger partial charge in [-0.05, 0) is 12.8 Å². The monoisotopic (exact) mass is 194 g/mol. The predicted molar refractivity (Wildman–Crippen MR) is 51.4 cm³/mol. The summed E-state index contributed by atoms with van der Waals surface area (Å²) in [4.78, 5) is 11.5. The standard InChI is InChI=1S/C10H14N2O2/c1-14-6-5-12-7-8-9(11-12)3-2-4-10(8)13/h7H,2-6H2,1H3. The number of methoxy groups -OCH3 is 1. The molecule has 0 N–H and O–H groups in total. The van der Waals surface area contributed by atoms with Crippen LogP contribution in [0.25, 0.3) is 0 Å². The average molecular weight is 194 g/mol. The molecule has 0 saturated carbocycles. The molecule has 14 heavy (non-hydrogen) atoms. The van der Waals surface area contributed by atoms with Crippen LogP contribution in [0, 0.1) is 0 Å². The van der Waals surface area contributed by atoms with Crippen molar-refractivity contribution >= 4 is 5.78 Å². The number of aryl methyl sites for hydroxylation is 1. The Morgan fingerprint density at radius 1 is 1.57 bits per heavy atom. The molecule has 0 amide bonds. The van der Waals surface area contributed by atoms with Crippen LogP contribution in [0.4, 0.5) is 0 Å². The minimum absolute atomic E-state index is 0.231. The zero-order chi connectivity index (χ0) is 9.97. The fourth-order valence-corrected chi connectivity index (χ4v) is 1.73. The first-order chi connectivity index (χ1) is 6.81. The first-order valence-corrected chi connectivity index (χ1v) is 4.89. The summed E-state index contributed by atoms with van der Waals surface area (Å²) >= 11 is 0. The molecule has 0 bridgehead atoms. The number of fused-ring (bicyclic) bond motifs is 1. The highest BCUT2D eigenvalue weighted by molar-refractivity contribution is 5.97. The third-order valence-corrected chi connectivity index (χ3v) is 2.48. The van der Waals surface area contributed by atoms with E-state index in [1.54, 1.807) is 11.8 Å². The number of hydrogen-bond acceptors (Lipinski definition) is 3. The van der Waals surface area contributed by atoms with E-state index in [2.05, 4.69) is 5.10 Å². The Balaban J connectivity index is 2.17. The summed E-state index contributed by atoms with van der Waals surface area (Å²) < 4.78 is 6.76. The van der Waals surface area contributed by atoms with E-state index in [1.807, 2.05) is 6.20 Å². The van der Waals surface area contributed by atoms with Crippen LogP contribution in [0.3, 0.4) is 0 Å². The Labute approximate surface area is 82.9 Å². The molecule has 0 atom stereocenters. The van der Waals surface area contributed by atoms with Gasteiger partial charge in [-0.3, -0.25) is 9.48 Å². The third-order valence-electron chi connectivity index (χ3n) is 2.48. The topological polar surface area (TPSA) is 44.1 Å². The lowest BCUT2D eigenvalue weighted by Gasteiger charge is -2.06. The summed E-state index contributed by atoms with van der Waals surface area (Å²) in [6.07, 6.45) is 4.38. The van der Waals surface area contributed by atoms with Crippen LogP contribution < -0.4 is 0 Å². The Kier molecular flexibility index (Phi) is 2.63. The molecule has 0 saturated heterocycles. The number of rotatable bonds is 3. The second kappa shape index (κ2) is 3.92. The Bertz CT molecular complexity index is 344. The van der Waals surface area contributed by atoms with Crippen LogP contribution >= 0.6 is 0 Å². The van der Waals surface area contributed by atoms with Crippen LogP contribution in [0.15, 0.2) is 6.20 Å². The molecule has 1 heterocycles. The van der Waals surface area contributed by atoms with Crippen molar-refractivity contribution in [2.75, 3.05) is 13.7 Å². The van der Waals surface area contributed by atoms with Crippen LogP contribution in [-0.4, -0.2) is 29.3 Å². The van der Waals surface area contributed by atoms with E-state index in [9.17, 15) is 4.79 Å². The van der Waals surface area contributed by atoms with Gasteiger partial charge in [-0.2, -0.15) is 5.10 Å². The molecule has 1 aliphatic carbocycles. The van der Waals surface area contributed by atoms with Crippen molar-refractivity contribution in [2.24, 2.45) is 0 Å². The molecule has 0 spiro atoms. The van der Waals surface area contributed by atoms with Gasteiger partial charge in [0.2, 0.25) is 0 Å². The summed E-state index contributed by atoms with van der Waals surface area (Å²) in [5, 5.41) is 4.35. The quantitative estimate of drug-likeness (QED) is 0.722. The molecule has 0 aromatic carbocycles. The summed E-state index contributed by atoms with van der Waals surface area (Å²) in [6, 6.07) is 0. The minimum atomic E-state index is 0.231. The van der Waals surface area contributed by atoms with Gasteiger partial charge in [0.1, 0.15) is 0 Å². The van der Waals surface area contributed by atoms with Gasteiger partial charge in [0.15, 0.2) is 5.78 Å². The summed E-state index contributed by atoms with van der Waals surface area (Å²) in [7, 11) is 1.66. The maximum absolute atomic E-state index is 11.5. The highest BCUT2D eigenvalue weighted by Crippen LogP contribution is 2.19. The average Bonchev–Trinajstić information content (AvgIpc) is 2.59. The molecular weight excluding hydrogens is 180 g/mol. The SMILES string of the molecule is COCCn1cc2c(n1)CCCC2=O. The second-order valence-electron chi connectivity index (χ2n) is 3.52. The highest BCUT2D eigenvalue weighted by Gasteiger charge is 2.20. The molecule has 2 rings (SSSR count). The van der Waals surface area contributed by atoms with Crippen LogP contribution in [0.5, 0.6) is 0 Å². The number of ketones is 1. The largest absolute Gasteiger partial charge is 0.383 e. The Morgan fingerprint density at radius 2 is 2.43 bits per heavy atom. The van der Waals surface area contributed by atoms with Gasteiger partial charge in [-0.1, -0.05) is 0 Å². The van der Waals surface area contributed by atoms with E-state index in [4.69, 9.17) is 4.74 Å². The van der Waals surface area contributed by atoms with Gasteiger partial charge in [0.05, 0.1) is 24.4 Å². The maximum atomic E-state index is 11.5. The van der Waals surface area contributed by atoms with Gasteiger partial charge in [0, 0.05) is 19.7 Å². The van der Waals surface area contributed by atoms with Gasteiger partial charge in [-0.25, -0.2) is 0 Å². The van der Waals surface area contributed by atoms with Gasteiger partial charge in [0.25, 0.3) is 0 Å². The lowest BCUT2D eigenvalue weighted by Crippen LogP contribution is -2.08. The van der Waals surface area contributed by atoms with Crippen molar-refractivity contribution in [3.8, 4) is 0 Å². The number of carbonyl (C=O) groups is 1. The fourth-order valence-electron chi connectivity index (χ4n) is 1.73. The van der Waals surface area contributed by atoms with Gasteiger partial charge < -0.3 is 4.74 Å². The third kappa shape index (κ3) is 1.70. The minimum Gasteiger partial charge on any atom is -0.383 e. The number of nitrogens with zero attached hydrogens (tertiary/aromatic N) is 2. The lowest BCUT2D eigenvalue weighted by molar-refractivity contribution is 0.0972. The van der Waals surface area contributed by atoms with Crippen molar-refractivity contribution < 1.29 is 9.53 Å². The van der Waals surface area contributed by atoms with E-state index in [0.29, 0.717) is 13.0 Å². The van der Waals surface area contributed by atoms with Gasteiger partial charge in [-0.15, -0.1) is 0 Å². The second-order valence-corrected chi connectivity index (χ2v) is 3.52. The molecule has 0 aliphatic heterocycles. The number of ether oxygens (including phenoxy) is 1. The van der Waals surface area contributed by atoms with Crippen LogP contribution in [-0.2, 0) is 17.7 Å². The normalized spacial score (nSPS) is 15.6. The molecule has 1 aliphatic rings.